The molecule has 3 nitrogen and oxygen atoms in total. The van der Waals surface area contributed by atoms with Gasteiger partial charge in [-0.15, -0.1) is 0 Å². The topological polar surface area (TPSA) is 32.3 Å². The maximum Gasteiger partial charge on any atom is 0.318 e. The van der Waals surface area contributed by atoms with Gasteiger partial charge in [0.15, 0.2) is 0 Å². The van der Waals surface area contributed by atoms with Crippen LogP contribution in [0.25, 0.3) is 0 Å². The first-order valence-corrected chi connectivity index (χ1v) is 9.44. The van der Waals surface area contributed by atoms with Crippen molar-refractivity contribution < 1.29 is 4.79 Å². The molecule has 110 valence electrons. The number of nitrogens with one attached hydrogen (secondary N) is 1. The molecular weight excluding hydrogens is 268 g/mol. The number of urea groups is 1. The Bertz CT molecular complexity index is 416. The van der Waals surface area contributed by atoms with Crippen molar-refractivity contribution in [1.29, 1.82) is 0 Å². The molecule has 4 heteroatoms. The van der Waals surface area contributed by atoms with Crippen LogP contribution in [0.3, 0.4) is 0 Å². The summed E-state index contributed by atoms with van der Waals surface area (Å²) >= 11 is 2.06. The molecule has 0 unspecified atom stereocenters. The van der Waals surface area contributed by atoms with Crippen molar-refractivity contribution in [1.82, 2.24) is 10.2 Å². The van der Waals surface area contributed by atoms with Crippen molar-refractivity contribution >= 4 is 17.8 Å². The molecule has 6 aliphatic rings. The molecule has 0 spiro atoms. The Balaban J connectivity index is 1.33. The minimum atomic E-state index is 0.181. The number of carbonyl (C=O) groups excluding carboxylic acids is 1. The third kappa shape index (κ3) is 1.76. The number of amides is 2. The summed E-state index contributed by atoms with van der Waals surface area (Å²) in [5.41, 5.74) is 0.181. The number of rotatable bonds is 1. The molecule has 1 N–H and O–H groups in total. The Hall–Kier alpha value is -0.380. The highest BCUT2D eigenvalue weighted by Gasteiger charge is 2.52. The number of hydrogen-bond donors (Lipinski definition) is 1. The van der Waals surface area contributed by atoms with Crippen LogP contribution in [0.15, 0.2) is 0 Å². The van der Waals surface area contributed by atoms with E-state index in [4.69, 9.17) is 0 Å². The zero-order chi connectivity index (χ0) is 13.3. The molecule has 2 amide bonds. The van der Waals surface area contributed by atoms with Crippen molar-refractivity contribution in [3.8, 4) is 0 Å². The molecule has 0 radical (unpaired) electrons. The van der Waals surface area contributed by atoms with Crippen molar-refractivity contribution in [2.75, 3.05) is 12.3 Å². The van der Waals surface area contributed by atoms with E-state index in [0.29, 0.717) is 6.04 Å². The van der Waals surface area contributed by atoms with E-state index in [1.54, 1.807) is 0 Å². The summed E-state index contributed by atoms with van der Waals surface area (Å²) in [7, 11) is 0. The number of nitrogens with zero attached hydrogens (tertiary/aromatic N) is 1. The van der Waals surface area contributed by atoms with Crippen LogP contribution >= 0.6 is 11.8 Å². The van der Waals surface area contributed by atoms with Crippen molar-refractivity contribution in [2.45, 2.75) is 61.8 Å². The first kappa shape index (κ1) is 12.2. The average Bonchev–Trinajstić information content (AvgIpc) is 2.98. The highest BCUT2D eigenvalue weighted by Crippen LogP contribution is 2.55. The van der Waals surface area contributed by atoms with E-state index >= 15 is 0 Å². The lowest BCUT2D eigenvalue weighted by Gasteiger charge is -2.57. The van der Waals surface area contributed by atoms with Gasteiger partial charge < -0.3 is 10.2 Å². The predicted octanol–water partition coefficient (Wildman–Crippen LogP) is 2.85. The molecule has 2 heterocycles. The van der Waals surface area contributed by atoms with E-state index in [1.807, 2.05) is 0 Å². The smallest absolute Gasteiger partial charge is 0.318 e. The second-order valence-electron chi connectivity index (χ2n) is 8.13. The van der Waals surface area contributed by atoms with E-state index in [1.165, 1.54) is 50.7 Å². The Morgan fingerprint density at radius 1 is 1.05 bits per heavy atom. The van der Waals surface area contributed by atoms with E-state index in [0.717, 1.165) is 29.5 Å². The number of carbonyl (C=O) groups is 1. The standard InChI is InChI=1S/C16H24N2OS/c19-15(18-8-14-4-13(18)9-20-14)17-16-5-10-1-11(6-16)3-12(2-10)7-16/h10-14H,1-9H2,(H,17,19)/t10?,11?,12?,13-,14+,16?/m0/s1. The lowest BCUT2D eigenvalue weighted by molar-refractivity contribution is -0.0157. The molecule has 20 heavy (non-hydrogen) atoms. The van der Waals surface area contributed by atoms with Gasteiger partial charge >= 0.3 is 6.03 Å². The van der Waals surface area contributed by atoms with Gasteiger partial charge in [-0.25, -0.2) is 4.79 Å². The summed E-state index contributed by atoms with van der Waals surface area (Å²) in [4.78, 5) is 14.9. The van der Waals surface area contributed by atoms with Gasteiger partial charge in [0.1, 0.15) is 0 Å². The number of likely N-dealkylation sites (tertiary alicyclic amines) is 1. The molecular formula is C16H24N2OS. The van der Waals surface area contributed by atoms with Crippen molar-refractivity contribution in [3.63, 3.8) is 0 Å². The quantitative estimate of drug-likeness (QED) is 0.806. The van der Waals surface area contributed by atoms with Gasteiger partial charge in [0.25, 0.3) is 0 Å². The second-order valence-corrected chi connectivity index (χ2v) is 9.46. The van der Waals surface area contributed by atoms with Gasteiger partial charge in [-0.3, -0.25) is 0 Å². The van der Waals surface area contributed by atoms with Gasteiger partial charge in [-0.05, 0) is 62.7 Å². The number of fused-ring (bicyclic) bond motifs is 2. The largest absolute Gasteiger partial charge is 0.333 e. The summed E-state index contributed by atoms with van der Waals surface area (Å²) in [6, 6.07) is 0.790. The van der Waals surface area contributed by atoms with Crippen LogP contribution in [0, 0.1) is 17.8 Å². The molecule has 2 atom stereocenters. The minimum Gasteiger partial charge on any atom is -0.333 e. The van der Waals surface area contributed by atoms with E-state index in [2.05, 4.69) is 22.0 Å². The highest BCUT2D eigenvalue weighted by molar-refractivity contribution is 8.00. The second kappa shape index (κ2) is 4.08. The predicted molar refractivity (Wildman–Crippen MR) is 80.8 cm³/mol. The van der Waals surface area contributed by atoms with Gasteiger partial charge in [-0.2, -0.15) is 11.8 Å². The Morgan fingerprint density at radius 3 is 2.20 bits per heavy atom. The Labute approximate surface area is 125 Å². The zero-order valence-electron chi connectivity index (χ0n) is 12.0. The lowest BCUT2D eigenvalue weighted by Crippen LogP contribution is -2.62. The van der Waals surface area contributed by atoms with E-state index < -0.39 is 0 Å². The van der Waals surface area contributed by atoms with Crippen LogP contribution < -0.4 is 5.32 Å². The SMILES string of the molecule is O=C(NC12CC3CC(CC(C3)C1)C2)N1C[C@H]2C[C@H]1CS2. The van der Waals surface area contributed by atoms with Crippen LogP contribution in [0.1, 0.15) is 44.9 Å². The van der Waals surface area contributed by atoms with Gasteiger partial charge in [0, 0.05) is 29.1 Å². The van der Waals surface area contributed by atoms with Gasteiger partial charge in [-0.1, -0.05) is 0 Å². The first-order valence-electron chi connectivity index (χ1n) is 8.39. The Morgan fingerprint density at radius 2 is 1.70 bits per heavy atom. The average molecular weight is 292 g/mol. The maximum absolute atomic E-state index is 12.7. The fraction of sp³-hybridized carbons (Fsp3) is 0.938. The summed E-state index contributed by atoms with van der Waals surface area (Å²) < 4.78 is 0. The van der Waals surface area contributed by atoms with Crippen LogP contribution in [0.4, 0.5) is 4.79 Å². The summed E-state index contributed by atoms with van der Waals surface area (Å²) in [6.45, 7) is 0.994. The van der Waals surface area contributed by atoms with Gasteiger partial charge in [0.2, 0.25) is 0 Å². The van der Waals surface area contributed by atoms with Gasteiger partial charge in [0.05, 0.1) is 0 Å². The highest BCUT2D eigenvalue weighted by atomic mass is 32.2. The van der Waals surface area contributed by atoms with Crippen LogP contribution in [0.2, 0.25) is 0 Å². The zero-order valence-corrected chi connectivity index (χ0v) is 12.8. The maximum atomic E-state index is 12.7. The molecule has 4 saturated carbocycles. The lowest BCUT2D eigenvalue weighted by atomic mass is 9.53. The third-order valence-electron chi connectivity index (χ3n) is 6.57. The molecule has 4 aliphatic carbocycles. The fourth-order valence-corrected chi connectivity index (χ4v) is 7.65. The normalized spacial score (nSPS) is 51.8. The molecule has 6 fully saturated rings. The van der Waals surface area contributed by atoms with Crippen LogP contribution in [-0.4, -0.2) is 40.1 Å². The molecule has 0 aromatic heterocycles. The molecule has 2 saturated heterocycles. The molecule has 6 bridgehead atoms. The Kier molecular flexibility index (Phi) is 2.49. The molecule has 2 aliphatic heterocycles. The summed E-state index contributed by atoms with van der Waals surface area (Å²) in [6.07, 6.45) is 9.36. The van der Waals surface area contributed by atoms with E-state index in [-0.39, 0.29) is 11.6 Å². The summed E-state index contributed by atoms with van der Waals surface area (Å²) in [5.74, 6) is 3.89. The third-order valence-corrected chi connectivity index (χ3v) is 7.96. The fourth-order valence-electron chi connectivity index (χ4n) is 6.21. The summed E-state index contributed by atoms with van der Waals surface area (Å²) in [5, 5.41) is 4.25. The number of hydrogen-bond acceptors (Lipinski definition) is 2. The van der Waals surface area contributed by atoms with Crippen molar-refractivity contribution in [2.24, 2.45) is 17.8 Å². The van der Waals surface area contributed by atoms with Crippen LogP contribution in [0.5, 0.6) is 0 Å². The minimum absolute atomic E-state index is 0.181. The first-order chi connectivity index (χ1) is 9.69. The van der Waals surface area contributed by atoms with E-state index in [9.17, 15) is 4.79 Å². The molecule has 0 aromatic carbocycles. The molecule has 6 rings (SSSR count). The number of thioether (sulfide) groups is 1. The molecule has 0 aromatic rings. The van der Waals surface area contributed by atoms with Crippen molar-refractivity contribution in [3.05, 3.63) is 0 Å². The monoisotopic (exact) mass is 292 g/mol. The van der Waals surface area contributed by atoms with Crippen LogP contribution in [-0.2, 0) is 0 Å².